The molecule has 19 heavy (non-hydrogen) atoms. The number of nitrogens with two attached hydrogens (primary N) is 1. The maximum atomic E-state index is 11.1. The Morgan fingerprint density at radius 2 is 2.16 bits per heavy atom. The van der Waals surface area contributed by atoms with Crippen LogP contribution in [-0.2, 0) is 6.42 Å². The normalized spacial score (nSPS) is 16.3. The molecule has 2 amide bonds. The zero-order valence-corrected chi connectivity index (χ0v) is 11.4. The quantitative estimate of drug-likeness (QED) is 0.837. The number of anilines is 1. The maximum absolute atomic E-state index is 11.1. The lowest BCUT2D eigenvalue weighted by Gasteiger charge is -2.27. The van der Waals surface area contributed by atoms with Gasteiger partial charge >= 0.3 is 6.03 Å². The van der Waals surface area contributed by atoms with Crippen LogP contribution >= 0.6 is 0 Å². The van der Waals surface area contributed by atoms with Crippen LogP contribution in [0.25, 0.3) is 0 Å². The van der Waals surface area contributed by atoms with Gasteiger partial charge in [0.2, 0.25) is 0 Å². The maximum Gasteiger partial charge on any atom is 0.318 e. The average Bonchev–Trinajstić information content (AvgIpc) is 2.45. The summed E-state index contributed by atoms with van der Waals surface area (Å²) in [5.41, 5.74) is 7.37. The zero-order chi connectivity index (χ0) is 13.7. The van der Waals surface area contributed by atoms with Crippen molar-refractivity contribution in [2.45, 2.75) is 6.42 Å². The molecule has 104 valence electrons. The van der Waals surface area contributed by atoms with E-state index in [-0.39, 0.29) is 0 Å². The lowest BCUT2D eigenvalue weighted by Crippen LogP contribution is -2.44. The van der Waals surface area contributed by atoms with Crippen LogP contribution in [0.4, 0.5) is 10.5 Å². The van der Waals surface area contributed by atoms with E-state index in [0.717, 1.165) is 44.8 Å². The fourth-order valence-corrected chi connectivity index (χ4v) is 2.27. The van der Waals surface area contributed by atoms with Crippen LogP contribution in [0.1, 0.15) is 5.56 Å². The van der Waals surface area contributed by atoms with Gasteiger partial charge in [0.15, 0.2) is 0 Å². The monoisotopic (exact) mass is 262 g/mol. The molecule has 0 saturated carbocycles. The van der Waals surface area contributed by atoms with E-state index in [9.17, 15) is 4.79 Å². The van der Waals surface area contributed by atoms with Gasteiger partial charge in [-0.3, -0.25) is 4.90 Å². The van der Waals surface area contributed by atoms with Crippen LogP contribution in [0, 0.1) is 0 Å². The van der Waals surface area contributed by atoms with Gasteiger partial charge in [0, 0.05) is 45.5 Å². The van der Waals surface area contributed by atoms with E-state index in [4.69, 9.17) is 5.73 Å². The second kappa shape index (κ2) is 6.54. The number of carbonyl (C=O) groups is 1. The third kappa shape index (κ3) is 3.94. The van der Waals surface area contributed by atoms with Crippen molar-refractivity contribution in [3.05, 3.63) is 29.8 Å². The molecule has 1 saturated heterocycles. The fourth-order valence-electron chi connectivity index (χ4n) is 2.27. The first-order valence-corrected chi connectivity index (χ1v) is 6.72. The standard InChI is InChI=1S/C14H22N4O/c1-17(14(15)19)13-4-2-3-12(11-13)5-8-18-9-6-16-7-10-18/h2-4,11,16H,5-10H2,1H3,(H2,15,19). The minimum absolute atomic E-state index is 0.431. The van der Waals surface area contributed by atoms with E-state index < -0.39 is 6.03 Å². The molecule has 1 fully saturated rings. The third-order valence-electron chi connectivity index (χ3n) is 3.55. The van der Waals surface area contributed by atoms with E-state index in [1.807, 2.05) is 18.2 Å². The summed E-state index contributed by atoms with van der Waals surface area (Å²) >= 11 is 0. The molecule has 0 radical (unpaired) electrons. The summed E-state index contributed by atoms with van der Waals surface area (Å²) in [6.07, 6.45) is 1.00. The lowest BCUT2D eigenvalue weighted by atomic mass is 10.1. The van der Waals surface area contributed by atoms with E-state index >= 15 is 0 Å². The number of carbonyl (C=O) groups excluding carboxylic acids is 1. The largest absolute Gasteiger partial charge is 0.351 e. The molecule has 3 N–H and O–H groups in total. The first-order chi connectivity index (χ1) is 9.16. The molecule has 0 unspecified atom stereocenters. The minimum atomic E-state index is -0.431. The Morgan fingerprint density at radius 1 is 1.42 bits per heavy atom. The topological polar surface area (TPSA) is 61.6 Å². The van der Waals surface area contributed by atoms with E-state index in [1.165, 1.54) is 10.5 Å². The number of rotatable bonds is 4. The van der Waals surface area contributed by atoms with Crippen LogP contribution in [0.15, 0.2) is 24.3 Å². The first kappa shape index (κ1) is 13.8. The summed E-state index contributed by atoms with van der Waals surface area (Å²) in [7, 11) is 1.69. The van der Waals surface area contributed by atoms with Gasteiger partial charge in [-0.25, -0.2) is 4.79 Å². The highest BCUT2D eigenvalue weighted by Crippen LogP contribution is 2.15. The number of nitrogens with one attached hydrogen (secondary N) is 1. The van der Waals surface area contributed by atoms with E-state index in [2.05, 4.69) is 16.3 Å². The van der Waals surface area contributed by atoms with Crippen molar-refractivity contribution in [3.63, 3.8) is 0 Å². The summed E-state index contributed by atoms with van der Waals surface area (Å²) in [6.45, 7) is 5.43. The van der Waals surface area contributed by atoms with Gasteiger partial charge < -0.3 is 16.0 Å². The third-order valence-corrected chi connectivity index (χ3v) is 3.55. The Labute approximate surface area is 114 Å². The number of amides is 2. The summed E-state index contributed by atoms with van der Waals surface area (Å²) in [6, 6.07) is 7.58. The number of piperazine rings is 1. The van der Waals surface area contributed by atoms with Crippen molar-refractivity contribution in [2.75, 3.05) is 44.7 Å². The summed E-state index contributed by atoms with van der Waals surface area (Å²) < 4.78 is 0. The van der Waals surface area contributed by atoms with E-state index in [0.29, 0.717) is 0 Å². The summed E-state index contributed by atoms with van der Waals surface area (Å²) in [5, 5.41) is 3.35. The second-order valence-corrected chi connectivity index (χ2v) is 4.91. The highest BCUT2D eigenvalue weighted by atomic mass is 16.2. The van der Waals surface area contributed by atoms with Crippen molar-refractivity contribution in [1.82, 2.24) is 10.2 Å². The zero-order valence-electron chi connectivity index (χ0n) is 11.4. The molecule has 1 aromatic rings. The van der Waals surface area contributed by atoms with Gasteiger partial charge in [0.1, 0.15) is 0 Å². The molecule has 1 aliphatic rings. The number of urea groups is 1. The fraction of sp³-hybridized carbons (Fsp3) is 0.500. The smallest absolute Gasteiger partial charge is 0.318 e. The van der Waals surface area contributed by atoms with Crippen molar-refractivity contribution >= 4 is 11.7 Å². The molecule has 1 aliphatic heterocycles. The number of nitrogens with zero attached hydrogens (tertiary/aromatic N) is 2. The number of benzene rings is 1. The lowest BCUT2D eigenvalue weighted by molar-refractivity contribution is 0.244. The molecule has 0 spiro atoms. The number of hydrogen-bond acceptors (Lipinski definition) is 3. The van der Waals surface area contributed by atoms with E-state index in [1.54, 1.807) is 7.05 Å². The predicted octanol–water partition coefficient (Wildman–Crippen LogP) is 0.649. The molecule has 0 bridgehead atoms. The number of primary amides is 1. The SMILES string of the molecule is CN(C(N)=O)c1cccc(CCN2CCNCC2)c1. The molecule has 1 heterocycles. The Bertz CT molecular complexity index is 429. The molecule has 5 heteroatoms. The van der Waals surface area contributed by atoms with Crippen molar-refractivity contribution in [2.24, 2.45) is 5.73 Å². The Balaban J connectivity index is 1.93. The van der Waals surface area contributed by atoms with Crippen LogP contribution in [0.3, 0.4) is 0 Å². The van der Waals surface area contributed by atoms with Crippen molar-refractivity contribution in [1.29, 1.82) is 0 Å². The van der Waals surface area contributed by atoms with Crippen molar-refractivity contribution < 1.29 is 4.79 Å². The molecular formula is C14H22N4O. The average molecular weight is 262 g/mol. The minimum Gasteiger partial charge on any atom is -0.351 e. The van der Waals surface area contributed by atoms with Crippen molar-refractivity contribution in [3.8, 4) is 0 Å². The summed E-state index contributed by atoms with van der Waals surface area (Å²) in [4.78, 5) is 15.1. The van der Waals surface area contributed by atoms with Gasteiger partial charge in [-0.1, -0.05) is 12.1 Å². The summed E-state index contributed by atoms with van der Waals surface area (Å²) in [5.74, 6) is 0. The highest BCUT2D eigenvalue weighted by Gasteiger charge is 2.10. The molecule has 1 aromatic carbocycles. The molecule has 0 aliphatic carbocycles. The van der Waals surface area contributed by atoms with Gasteiger partial charge in [-0.15, -0.1) is 0 Å². The molecule has 5 nitrogen and oxygen atoms in total. The molecular weight excluding hydrogens is 240 g/mol. The van der Waals surface area contributed by atoms with Gasteiger partial charge in [0.25, 0.3) is 0 Å². The van der Waals surface area contributed by atoms with Crippen LogP contribution in [-0.4, -0.2) is 50.7 Å². The Kier molecular flexibility index (Phi) is 4.76. The second-order valence-electron chi connectivity index (χ2n) is 4.91. The van der Waals surface area contributed by atoms with Crippen LogP contribution in [0.5, 0.6) is 0 Å². The van der Waals surface area contributed by atoms with Crippen LogP contribution in [0.2, 0.25) is 0 Å². The molecule has 0 aromatic heterocycles. The van der Waals surface area contributed by atoms with Gasteiger partial charge in [-0.2, -0.15) is 0 Å². The highest BCUT2D eigenvalue weighted by molar-refractivity contribution is 5.90. The Hall–Kier alpha value is -1.59. The van der Waals surface area contributed by atoms with Gasteiger partial charge in [0.05, 0.1) is 0 Å². The first-order valence-electron chi connectivity index (χ1n) is 6.72. The molecule has 2 rings (SSSR count). The van der Waals surface area contributed by atoms with Gasteiger partial charge in [-0.05, 0) is 24.1 Å². The molecule has 0 atom stereocenters. The number of hydrogen-bond donors (Lipinski definition) is 2. The van der Waals surface area contributed by atoms with Crippen LogP contribution < -0.4 is 16.0 Å². The Morgan fingerprint density at radius 3 is 2.84 bits per heavy atom. The predicted molar refractivity (Wildman–Crippen MR) is 77.4 cm³/mol.